The predicted molar refractivity (Wildman–Crippen MR) is 144 cm³/mol. The second-order valence-electron chi connectivity index (χ2n) is 8.96. The van der Waals surface area contributed by atoms with Crippen LogP contribution in [0.2, 0.25) is 0 Å². The van der Waals surface area contributed by atoms with Crippen LogP contribution in [0.1, 0.15) is 66.0 Å². The lowest BCUT2D eigenvalue weighted by Crippen LogP contribution is -2.37. The topological polar surface area (TPSA) is 62.3 Å². The summed E-state index contributed by atoms with van der Waals surface area (Å²) in [6.45, 7) is 7.36. The van der Waals surface area contributed by atoms with Crippen LogP contribution in [0.3, 0.4) is 0 Å². The summed E-state index contributed by atoms with van der Waals surface area (Å²) >= 11 is 1.54. The normalized spacial score (nSPS) is 14.0. The number of aromatic nitrogens is 1. The molecule has 0 spiro atoms. The highest BCUT2D eigenvalue weighted by Crippen LogP contribution is 2.32. The number of nitrogens with zero attached hydrogens (tertiary/aromatic N) is 2. The SMILES string of the molecule is C=CCCCC(=O)N1CCC(c2nc(C(=O)Nc3ccccc3-c3ccc(CC)cc3)cs2)CC1. The Morgan fingerprint density at radius 3 is 2.60 bits per heavy atom. The molecule has 1 aliphatic rings. The van der Waals surface area contributed by atoms with Crippen molar-refractivity contribution < 1.29 is 9.59 Å². The Morgan fingerprint density at radius 1 is 1.14 bits per heavy atom. The van der Waals surface area contributed by atoms with Gasteiger partial charge >= 0.3 is 0 Å². The lowest BCUT2D eigenvalue weighted by Gasteiger charge is -2.31. The summed E-state index contributed by atoms with van der Waals surface area (Å²) in [6.07, 6.45) is 6.95. The molecule has 0 radical (unpaired) electrons. The van der Waals surface area contributed by atoms with Crippen LogP contribution in [0, 0.1) is 0 Å². The lowest BCUT2D eigenvalue weighted by molar-refractivity contribution is -0.132. The molecule has 2 heterocycles. The van der Waals surface area contributed by atoms with Gasteiger partial charge < -0.3 is 10.2 Å². The number of carbonyl (C=O) groups excluding carboxylic acids is 2. The van der Waals surface area contributed by atoms with Gasteiger partial charge in [0.15, 0.2) is 0 Å². The Hall–Kier alpha value is -3.25. The maximum Gasteiger partial charge on any atom is 0.275 e. The number of benzene rings is 2. The molecule has 0 atom stereocenters. The van der Waals surface area contributed by atoms with Gasteiger partial charge in [0.05, 0.1) is 5.01 Å². The van der Waals surface area contributed by atoms with E-state index < -0.39 is 0 Å². The summed E-state index contributed by atoms with van der Waals surface area (Å²) in [5.74, 6) is 0.329. The molecule has 0 bridgehead atoms. The van der Waals surface area contributed by atoms with E-state index in [-0.39, 0.29) is 11.8 Å². The summed E-state index contributed by atoms with van der Waals surface area (Å²) in [5, 5.41) is 5.89. The first-order chi connectivity index (χ1) is 17.1. The molecule has 1 fully saturated rings. The second-order valence-corrected chi connectivity index (χ2v) is 9.85. The number of piperidine rings is 1. The average molecular weight is 488 g/mol. The maximum absolute atomic E-state index is 13.0. The van der Waals surface area contributed by atoms with Crippen molar-refractivity contribution in [1.82, 2.24) is 9.88 Å². The average Bonchev–Trinajstić information content (AvgIpc) is 3.40. The Bertz CT molecular complexity index is 1160. The van der Waals surface area contributed by atoms with Crippen LogP contribution in [-0.2, 0) is 11.2 Å². The van der Waals surface area contributed by atoms with Crippen molar-refractivity contribution >= 4 is 28.8 Å². The quantitative estimate of drug-likeness (QED) is 0.270. The third kappa shape index (κ3) is 6.25. The number of unbranched alkanes of at least 4 members (excludes halogenated alkanes) is 1. The molecule has 1 aromatic heterocycles. The van der Waals surface area contributed by atoms with Gasteiger partial charge in [-0.25, -0.2) is 4.98 Å². The number of aryl methyl sites for hydroxylation is 1. The first-order valence-electron chi connectivity index (χ1n) is 12.4. The van der Waals surface area contributed by atoms with Gasteiger partial charge in [0.2, 0.25) is 5.91 Å². The Kier molecular flexibility index (Phi) is 8.48. The first kappa shape index (κ1) is 24.9. The van der Waals surface area contributed by atoms with Crippen LogP contribution in [0.15, 0.2) is 66.6 Å². The van der Waals surface area contributed by atoms with Crippen LogP contribution in [0.5, 0.6) is 0 Å². The van der Waals surface area contributed by atoms with E-state index in [1.54, 1.807) is 0 Å². The van der Waals surface area contributed by atoms with Gasteiger partial charge in [-0.3, -0.25) is 9.59 Å². The molecule has 35 heavy (non-hydrogen) atoms. The molecule has 4 rings (SSSR count). The van der Waals surface area contributed by atoms with Crippen LogP contribution in [0.25, 0.3) is 11.1 Å². The van der Waals surface area contributed by atoms with Gasteiger partial charge in [0.25, 0.3) is 5.91 Å². The van der Waals surface area contributed by atoms with E-state index in [1.807, 2.05) is 40.6 Å². The number of nitrogens with one attached hydrogen (secondary N) is 1. The molecule has 6 heteroatoms. The molecule has 5 nitrogen and oxygen atoms in total. The van der Waals surface area contributed by atoms with E-state index in [1.165, 1.54) is 16.9 Å². The molecule has 1 aliphatic heterocycles. The molecule has 0 aliphatic carbocycles. The smallest absolute Gasteiger partial charge is 0.275 e. The van der Waals surface area contributed by atoms with Crippen LogP contribution < -0.4 is 5.32 Å². The molecule has 1 saturated heterocycles. The van der Waals surface area contributed by atoms with Gasteiger partial charge in [0.1, 0.15) is 5.69 Å². The zero-order valence-electron chi connectivity index (χ0n) is 20.3. The summed E-state index contributed by atoms with van der Waals surface area (Å²) in [4.78, 5) is 32.0. The Balaban J connectivity index is 1.37. The number of hydrogen-bond acceptors (Lipinski definition) is 4. The summed E-state index contributed by atoms with van der Waals surface area (Å²) in [5.41, 5.74) is 4.57. The lowest BCUT2D eigenvalue weighted by atomic mass is 9.97. The van der Waals surface area contributed by atoms with Gasteiger partial charge in [-0.15, -0.1) is 17.9 Å². The maximum atomic E-state index is 13.0. The van der Waals surface area contributed by atoms with E-state index in [0.29, 0.717) is 18.0 Å². The molecule has 2 aromatic carbocycles. The van der Waals surface area contributed by atoms with Gasteiger partial charge in [0, 0.05) is 42.1 Å². The number of allylic oxidation sites excluding steroid dienone is 1. The van der Waals surface area contributed by atoms with Gasteiger partial charge in [-0.1, -0.05) is 55.5 Å². The molecule has 2 amide bonds. The van der Waals surface area contributed by atoms with Crippen molar-refractivity contribution in [2.24, 2.45) is 0 Å². The molecular formula is C29H33N3O2S. The number of thiazole rings is 1. The van der Waals surface area contributed by atoms with E-state index in [2.05, 4.69) is 48.1 Å². The van der Waals surface area contributed by atoms with Crippen LogP contribution >= 0.6 is 11.3 Å². The van der Waals surface area contributed by atoms with E-state index in [9.17, 15) is 9.59 Å². The van der Waals surface area contributed by atoms with Crippen molar-refractivity contribution in [3.63, 3.8) is 0 Å². The zero-order valence-corrected chi connectivity index (χ0v) is 21.2. The van der Waals surface area contributed by atoms with Crippen LogP contribution in [-0.4, -0.2) is 34.8 Å². The first-order valence-corrected chi connectivity index (χ1v) is 13.3. The second kappa shape index (κ2) is 11.9. The van der Waals surface area contributed by atoms with Crippen molar-refractivity contribution in [2.45, 2.75) is 51.4 Å². The van der Waals surface area contributed by atoms with Crippen molar-refractivity contribution in [3.05, 3.63) is 82.8 Å². The number of carbonyl (C=O) groups is 2. The minimum atomic E-state index is -0.194. The molecule has 1 N–H and O–H groups in total. The number of rotatable bonds is 9. The predicted octanol–water partition coefficient (Wildman–Crippen LogP) is 6.69. The molecule has 0 saturated carbocycles. The minimum absolute atomic E-state index is 0.194. The van der Waals surface area contributed by atoms with E-state index in [4.69, 9.17) is 0 Å². The Morgan fingerprint density at radius 2 is 1.89 bits per heavy atom. The van der Waals surface area contributed by atoms with Crippen molar-refractivity contribution in [1.29, 1.82) is 0 Å². The summed E-state index contributed by atoms with van der Waals surface area (Å²) in [7, 11) is 0. The fourth-order valence-electron chi connectivity index (χ4n) is 4.46. The molecule has 3 aromatic rings. The third-order valence-electron chi connectivity index (χ3n) is 6.60. The van der Waals surface area contributed by atoms with Crippen LogP contribution in [0.4, 0.5) is 5.69 Å². The number of para-hydroxylation sites is 1. The van der Waals surface area contributed by atoms with Gasteiger partial charge in [-0.05, 0) is 49.3 Å². The monoisotopic (exact) mass is 487 g/mol. The number of amides is 2. The highest BCUT2D eigenvalue weighted by molar-refractivity contribution is 7.10. The summed E-state index contributed by atoms with van der Waals surface area (Å²) in [6, 6.07) is 16.3. The fourth-order valence-corrected chi connectivity index (χ4v) is 5.43. The number of anilines is 1. The van der Waals surface area contributed by atoms with E-state index in [0.717, 1.165) is 67.0 Å². The minimum Gasteiger partial charge on any atom is -0.343 e. The number of likely N-dealkylation sites (tertiary alicyclic amines) is 1. The van der Waals surface area contributed by atoms with Gasteiger partial charge in [-0.2, -0.15) is 0 Å². The summed E-state index contributed by atoms with van der Waals surface area (Å²) < 4.78 is 0. The molecular weight excluding hydrogens is 454 g/mol. The van der Waals surface area contributed by atoms with Crippen molar-refractivity contribution in [2.75, 3.05) is 18.4 Å². The highest BCUT2D eigenvalue weighted by Gasteiger charge is 2.26. The highest BCUT2D eigenvalue weighted by atomic mass is 32.1. The largest absolute Gasteiger partial charge is 0.343 e. The Labute approximate surface area is 211 Å². The fraction of sp³-hybridized carbons (Fsp3) is 0.345. The third-order valence-corrected chi connectivity index (χ3v) is 7.61. The number of hydrogen-bond donors (Lipinski definition) is 1. The van der Waals surface area contributed by atoms with Crippen molar-refractivity contribution in [3.8, 4) is 11.1 Å². The standard InChI is InChI=1S/C29H33N3O2S/c1-3-5-6-11-27(33)32-18-16-23(17-19-32)29-31-26(20-35-29)28(34)30-25-10-8-7-9-24(25)22-14-12-21(4-2)13-15-22/h3,7-10,12-15,20,23H,1,4-6,11,16-19H2,2H3,(H,30,34). The molecule has 0 unspecified atom stereocenters. The van der Waals surface area contributed by atoms with E-state index >= 15 is 0 Å². The zero-order chi connectivity index (χ0) is 24.6. The molecule has 182 valence electrons.